The fourth-order valence-corrected chi connectivity index (χ4v) is 2.94. The number of hydrogen-bond acceptors (Lipinski definition) is 5. The number of anilines is 1. The summed E-state index contributed by atoms with van der Waals surface area (Å²) < 4.78 is 5.83. The van der Waals surface area contributed by atoms with E-state index in [1.807, 2.05) is 6.07 Å². The standard InChI is InChI=1S/C15H26N4O/c1-11(2)9-12-10-13(19-16)18-14(17-12)15(20-3)7-5-4-6-8-15/h10-11H,4-9,16H2,1-3H3,(H,17,18,19). The zero-order valence-electron chi connectivity index (χ0n) is 12.8. The minimum atomic E-state index is -0.336. The molecule has 3 N–H and O–H groups in total. The second kappa shape index (κ2) is 6.50. The minimum absolute atomic E-state index is 0.336. The number of hydrogen-bond donors (Lipinski definition) is 2. The molecule has 1 saturated carbocycles. The maximum Gasteiger partial charge on any atom is 0.162 e. The van der Waals surface area contributed by atoms with Crippen LogP contribution >= 0.6 is 0 Å². The third-order valence-corrected chi connectivity index (χ3v) is 4.00. The first-order valence-electron chi connectivity index (χ1n) is 7.50. The van der Waals surface area contributed by atoms with Crippen LogP contribution in [0.1, 0.15) is 57.5 Å². The Balaban J connectivity index is 2.37. The summed E-state index contributed by atoms with van der Waals surface area (Å²) in [7, 11) is 1.76. The van der Waals surface area contributed by atoms with Gasteiger partial charge in [-0.15, -0.1) is 0 Å². The first-order chi connectivity index (χ1) is 9.59. The van der Waals surface area contributed by atoms with Gasteiger partial charge in [-0.2, -0.15) is 0 Å². The first-order valence-corrected chi connectivity index (χ1v) is 7.50. The summed E-state index contributed by atoms with van der Waals surface area (Å²) in [4.78, 5) is 9.31. The van der Waals surface area contributed by atoms with Crippen molar-refractivity contribution >= 4 is 5.82 Å². The van der Waals surface area contributed by atoms with Crippen LogP contribution in [0.5, 0.6) is 0 Å². The lowest BCUT2D eigenvalue weighted by Crippen LogP contribution is -2.34. The van der Waals surface area contributed by atoms with Gasteiger partial charge in [-0.1, -0.05) is 33.1 Å². The maximum atomic E-state index is 5.83. The Labute approximate surface area is 121 Å². The van der Waals surface area contributed by atoms with Gasteiger partial charge in [0.1, 0.15) is 11.4 Å². The zero-order valence-corrected chi connectivity index (χ0v) is 12.8. The van der Waals surface area contributed by atoms with Gasteiger partial charge < -0.3 is 10.2 Å². The SMILES string of the molecule is COC1(c2nc(CC(C)C)cc(NN)n2)CCCCC1. The first kappa shape index (κ1) is 15.2. The molecular weight excluding hydrogens is 252 g/mol. The van der Waals surface area contributed by atoms with Gasteiger partial charge in [0.05, 0.1) is 0 Å². The van der Waals surface area contributed by atoms with Crippen LogP contribution in [0.4, 0.5) is 5.82 Å². The van der Waals surface area contributed by atoms with Crippen molar-refractivity contribution in [2.45, 2.75) is 58.0 Å². The van der Waals surface area contributed by atoms with E-state index in [0.29, 0.717) is 11.7 Å². The molecule has 1 aliphatic rings. The van der Waals surface area contributed by atoms with E-state index in [0.717, 1.165) is 43.6 Å². The molecule has 0 aliphatic heterocycles. The molecule has 1 aromatic rings. The summed E-state index contributed by atoms with van der Waals surface area (Å²) in [6.45, 7) is 4.37. The summed E-state index contributed by atoms with van der Waals surface area (Å²) in [6, 6.07) is 1.93. The van der Waals surface area contributed by atoms with E-state index in [1.165, 1.54) is 6.42 Å². The Kier molecular flexibility index (Phi) is 4.94. The molecule has 0 bridgehead atoms. The highest BCUT2D eigenvalue weighted by Crippen LogP contribution is 2.38. The maximum absolute atomic E-state index is 5.83. The summed E-state index contributed by atoms with van der Waals surface area (Å²) in [6.07, 6.45) is 6.48. The van der Waals surface area contributed by atoms with E-state index in [1.54, 1.807) is 7.11 Å². The molecule has 0 unspecified atom stereocenters. The van der Waals surface area contributed by atoms with Gasteiger partial charge in [0.2, 0.25) is 0 Å². The molecule has 112 valence electrons. The van der Waals surface area contributed by atoms with Crippen LogP contribution in [-0.4, -0.2) is 17.1 Å². The number of nitrogens with one attached hydrogen (secondary N) is 1. The van der Waals surface area contributed by atoms with Crippen LogP contribution in [0, 0.1) is 5.92 Å². The molecule has 0 amide bonds. The van der Waals surface area contributed by atoms with Crippen molar-refractivity contribution in [3.8, 4) is 0 Å². The summed E-state index contributed by atoms with van der Waals surface area (Å²) in [5.41, 5.74) is 3.35. The molecule has 0 aromatic carbocycles. The molecule has 1 aromatic heterocycles. The number of aromatic nitrogens is 2. The molecule has 0 saturated heterocycles. The summed E-state index contributed by atoms with van der Waals surface area (Å²) >= 11 is 0. The highest BCUT2D eigenvalue weighted by Gasteiger charge is 2.37. The van der Waals surface area contributed by atoms with E-state index >= 15 is 0 Å². The van der Waals surface area contributed by atoms with Crippen molar-refractivity contribution in [3.63, 3.8) is 0 Å². The van der Waals surface area contributed by atoms with E-state index < -0.39 is 0 Å². The molecular formula is C15H26N4O. The fourth-order valence-electron chi connectivity index (χ4n) is 2.94. The number of ether oxygens (including phenoxy) is 1. The van der Waals surface area contributed by atoms with E-state index in [-0.39, 0.29) is 5.60 Å². The summed E-state index contributed by atoms with van der Waals surface area (Å²) in [5.74, 6) is 7.56. The fraction of sp³-hybridized carbons (Fsp3) is 0.733. The van der Waals surface area contributed by atoms with Crippen LogP contribution < -0.4 is 11.3 Å². The van der Waals surface area contributed by atoms with Crippen molar-refractivity contribution in [2.24, 2.45) is 11.8 Å². The lowest BCUT2D eigenvalue weighted by molar-refractivity contribution is -0.0515. The molecule has 1 aliphatic carbocycles. The zero-order chi connectivity index (χ0) is 14.6. The number of nitrogen functional groups attached to an aromatic ring is 1. The van der Waals surface area contributed by atoms with Crippen molar-refractivity contribution in [1.82, 2.24) is 9.97 Å². The predicted molar refractivity (Wildman–Crippen MR) is 80.2 cm³/mol. The molecule has 5 nitrogen and oxygen atoms in total. The molecule has 2 rings (SSSR count). The molecule has 0 atom stereocenters. The molecule has 1 heterocycles. The highest BCUT2D eigenvalue weighted by atomic mass is 16.5. The second-order valence-electron chi connectivity index (χ2n) is 6.07. The van der Waals surface area contributed by atoms with E-state index in [9.17, 15) is 0 Å². The van der Waals surface area contributed by atoms with E-state index in [2.05, 4.69) is 24.3 Å². The van der Waals surface area contributed by atoms with Gasteiger partial charge in [0.25, 0.3) is 0 Å². The Bertz CT molecular complexity index is 441. The average Bonchev–Trinajstić information content (AvgIpc) is 2.46. The lowest BCUT2D eigenvalue weighted by atomic mass is 9.84. The van der Waals surface area contributed by atoms with Crippen LogP contribution in [0.2, 0.25) is 0 Å². The van der Waals surface area contributed by atoms with E-state index in [4.69, 9.17) is 15.6 Å². The number of nitrogens with two attached hydrogens (primary N) is 1. The van der Waals surface area contributed by atoms with Crippen molar-refractivity contribution < 1.29 is 4.74 Å². The van der Waals surface area contributed by atoms with Crippen molar-refractivity contribution in [1.29, 1.82) is 0 Å². The monoisotopic (exact) mass is 278 g/mol. The largest absolute Gasteiger partial charge is 0.370 e. The van der Waals surface area contributed by atoms with Crippen LogP contribution in [-0.2, 0) is 16.8 Å². The third-order valence-electron chi connectivity index (χ3n) is 4.00. The third kappa shape index (κ3) is 3.27. The number of rotatable bonds is 5. The highest BCUT2D eigenvalue weighted by molar-refractivity contribution is 5.35. The number of nitrogens with zero attached hydrogens (tertiary/aromatic N) is 2. The van der Waals surface area contributed by atoms with Gasteiger partial charge in [0, 0.05) is 18.9 Å². The smallest absolute Gasteiger partial charge is 0.162 e. The van der Waals surface area contributed by atoms with Gasteiger partial charge in [0.15, 0.2) is 5.82 Å². The van der Waals surface area contributed by atoms with Gasteiger partial charge in [-0.25, -0.2) is 15.8 Å². The molecule has 20 heavy (non-hydrogen) atoms. The quantitative estimate of drug-likeness (QED) is 0.640. The van der Waals surface area contributed by atoms with Crippen molar-refractivity contribution in [2.75, 3.05) is 12.5 Å². The molecule has 0 spiro atoms. The van der Waals surface area contributed by atoms with Crippen LogP contribution in [0.15, 0.2) is 6.07 Å². The van der Waals surface area contributed by atoms with Crippen molar-refractivity contribution in [3.05, 3.63) is 17.6 Å². The van der Waals surface area contributed by atoms with Gasteiger partial charge >= 0.3 is 0 Å². The Morgan fingerprint density at radius 2 is 2.00 bits per heavy atom. The lowest BCUT2D eigenvalue weighted by Gasteiger charge is -2.34. The predicted octanol–water partition coefficient (Wildman–Crippen LogP) is 2.77. The Morgan fingerprint density at radius 3 is 2.55 bits per heavy atom. The molecule has 5 heteroatoms. The molecule has 1 fully saturated rings. The average molecular weight is 278 g/mol. The number of methoxy groups -OCH3 is 1. The minimum Gasteiger partial charge on any atom is -0.370 e. The van der Waals surface area contributed by atoms with Crippen LogP contribution in [0.25, 0.3) is 0 Å². The number of hydrazine groups is 1. The Morgan fingerprint density at radius 1 is 1.30 bits per heavy atom. The van der Waals surface area contributed by atoms with Crippen LogP contribution in [0.3, 0.4) is 0 Å². The topological polar surface area (TPSA) is 73.1 Å². The van der Waals surface area contributed by atoms with Gasteiger partial charge in [-0.3, -0.25) is 0 Å². The second-order valence-corrected chi connectivity index (χ2v) is 6.07. The molecule has 0 radical (unpaired) electrons. The normalized spacial score (nSPS) is 18.2. The van der Waals surface area contributed by atoms with Gasteiger partial charge in [-0.05, 0) is 25.2 Å². The summed E-state index contributed by atoms with van der Waals surface area (Å²) in [5, 5.41) is 0. The Hall–Kier alpha value is -1.20.